The molecule has 0 aromatic heterocycles. The first-order chi connectivity index (χ1) is 5.36. The summed E-state index contributed by atoms with van der Waals surface area (Å²) in [6.45, 7) is 4.57. The lowest BCUT2D eigenvalue weighted by atomic mass is 10.1. The molecule has 11 heavy (non-hydrogen) atoms. The van der Waals surface area contributed by atoms with E-state index in [0.29, 0.717) is 0 Å². The van der Waals surface area contributed by atoms with Gasteiger partial charge in [0.15, 0.2) is 0 Å². The molecule has 0 aromatic carbocycles. The third kappa shape index (κ3) is 2.82. The van der Waals surface area contributed by atoms with Crippen molar-refractivity contribution in [3.8, 4) is 0 Å². The van der Waals surface area contributed by atoms with Crippen LogP contribution in [0.25, 0.3) is 0 Å². The highest BCUT2D eigenvalue weighted by Crippen LogP contribution is 2.16. The lowest BCUT2D eigenvalue weighted by Gasteiger charge is -2.19. The molecule has 1 heterocycles. The molecule has 1 saturated heterocycles. The van der Waals surface area contributed by atoms with Crippen molar-refractivity contribution in [1.82, 2.24) is 5.32 Å². The summed E-state index contributed by atoms with van der Waals surface area (Å²) in [6, 6.07) is 1.62. The van der Waals surface area contributed by atoms with Crippen LogP contribution in [-0.2, 0) is 0 Å². The van der Waals surface area contributed by atoms with Crippen LogP contribution in [0.2, 0.25) is 0 Å². The molecule has 1 fully saturated rings. The molecule has 66 valence electrons. The summed E-state index contributed by atoms with van der Waals surface area (Å²) >= 11 is 0. The van der Waals surface area contributed by atoms with E-state index in [9.17, 15) is 0 Å². The lowest BCUT2D eigenvalue weighted by Crippen LogP contribution is -2.35. The normalized spacial score (nSPS) is 33.3. The SMILES string of the molecule is CCC1CCCCC(CC)N1. The van der Waals surface area contributed by atoms with Crippen LogP contribution in [-0.4, -0.2) is 12.1 Å². The van der Waals surface area contributed by atoms with Gasteiger partial charge in [0.2, 0.25) is 0 Å². The van der Waals surface area contributed by atoms with Crippen molar-refractivity contribution in [2.24, 2.45) is 0 Å². The maximum atomic E-state index is 3.72. The van der Waals surface area contributed by atoms with Crippen LogP contribution in [0.4, 0.5) is 0 Å². The van der Waals surface area contributed by atoms with Gasteiger partial charge in [-0.15, -0.1) is 0 Å². The Bertz CT molecular complexity index is 89.0. The van der Waals surface area contributed by atoms with Crippen LogP contribution < -0.4 is 5.32 Å². The number of hydrogen-bond acceptors (Lipinski definition) is 1. The Labute approximate surface area is 70.6 Å². The third-order valence-electron chi connectivity index (χ3n) is 2.81. The molecule has 1 N–H and O–H groups in total. The monoisotopic (exact) mass is 155 g/mol. The van der Waals surface area contributed by atoms with E-state index in [1.54, 1.807) is 0 Å². The maximum Gasteiger partial charge on any atom is 0.00670 e. The van der Waals surface area contributed by atoms with E-state index < -0.39 is 0 Å². The second kappa shape index (κ2) is 4.76. The number of rotatable bonds is 2. The molecule has 0 spiro atoms. The molecule has 2 unspecified atom stereocenters. The van der Waals surface area contributed by atoms with Crippen molar-refractivity contribution in [3.63, 3.8) is 0 Å². The predicted molar refractivity (Wildman–Crippen MR) is 49.8 cm³/mol. The quantitative estimate of drug-likeness (QED) is 0.646. The maximum absolute atomic E-state index is 3.72. The molecule has 0 aliphatic carbocycles. The van der Waals surface area contributed by atoms with Gasteiger partial charge in [-0.2, -0.15) is 0 Å². The molecular weight excluding hydrogens is 134 g/mol. The topological polar surface area (TPSA) is 12.0 Å². The summed E-state index contributed by atoms with van der Waals surface area (Å²) in [5.74, 6) is 0. The van der Waals surface area contributed by atoms with Crippen LogP contribution in [0.15, 0.2) is 0 Å². The fourth-order valence-electron chi connectivity index (χ4n) is 1.93. The average Bonchev–Trinajstić information content (AvgIpc) is 2.28. The van der Waals surface area contributed by atoms with Crippen LogP contribution >= 0.6 is 0 Å². The van der Waals surface area contributed by atoms with Crippen molar-refractivity contribution in [1.29, 1.82) is 0 Å². The van der Waals surface area contributed by atoms with E-state index in [2.05, 4.69) is 19.2 Å². The summed E-state index contributed by atoms with van der Waals surface area (Å²) in [5.41, 5.74) is 0. The number of hydrogen-bond donors (Lipinski definition) is 1. The highest BCUT2D eigenvalue weighted by atomic mass is 14.9. The molecule has 2 atom stereocenters. The van der Waals surface area contributed by atoms with E-state index in [0.717, 1.165) is 12.1 Å². The summed E-state index contributed by atoms with van der Waals surface area (Å²) in [6.07, 6.45) is 8.26. The Hall–Kier alpha value is -0.0400. The van der Waals surface area contributed by atoms with Gasteiger partial charge < -0.3 is 5.32 Å². The molecule has 0 amide bonds. The minimum atomic E-state index is 0.808. The lowest BCUT2D eigenvalue weighted by molar-refractivity contribution is 0.412. The van der Waals surface area contributed by atoms with Crippen molar-refractivity contribution >= 4 is 0 Å². The first-order valence-corrected chi connectivity index (χ1v) is 5.12. The van der Waals surface area contributed by atoms with Gasteiger partial charge in [0, 0.05) is 12.1 Å². The summed E-state index contributed by atoms with van der Waals surface area (Å²) < 4.78 is 0. The first kappa shape index (κ1) is 9.05. The van der Waals surface area contributed by atoms with Gasteiger partial charge in [0.05, 0.1) is 0 Å². The third-order valence-corrected chi connectivity index (χ3v) is 2.81. The fourth-order valence-corrected chi connectivity index (χ4v) is 1.93. The molecule has 1 aliphatic heterocycles. The van der Waals surface area contributed by atoms with Crippen LogP contribution in [0, 0.1) is 0 Å². The van der Waals surface area contributed by atoms with E-state index in [1.165, 1.54) is 38.5 Å². The van der Waals surface area contributed by atoms with Gasteiger partial charge in [-0.1, -0.05) is 26.7 Å². The molecule has 0 saturated carbocycles. The summed E-state index contributed by atoms with van der Waals surface area (Å²) in [4.78, 5) is 0. The minimum absolute atomic E-state index is 0.808. The molecule has 1 nitrogen and oxygen atoms in total. The highest BCUT2D eigenvalue weighted by Gasteiger charge is 2.15. The average molecular weight is 155 g/mol. The van der Waals surface area contributed by atoms with Crippen molar-refractivity contribution in [3.05, 3.63) is 0 Å². The first-order valence-electron chi connectivity index (χ1n) is 5.12. The Morgan fingerprint density at radius 1 is 1.00 bits per heavy atom. The van der Waals surface area contributed by atoms with E-state index in [-0.39, 0.29) is 0 Å². The highest BCUT2D eigenvalue weighted by molar-refractivity contribution is 4.76. The Balaban J connectivity index is 2.33. The molecule has 0 aromatic rings. The standard InChI is InChI=1S/C10H21N/c1-3-9-7-5-6-8-10(4-2)11-9/h9-11H,3-8H2,1-2H3. The van der Waals surface area contributed by atoms with Crippen LogP contribution in [0.1, 0.15) is 52.4 Å². The molecule has 1 aliphatic rings. The second-order valence-corrected chi connectivity index (χ2v) is 3.66. The molecular formula is C10H21N. The Kier molecular flexibility index (Phi) is 3.92. The van der Waals surface area contributed by atoms with Gasteiger partial charge in [-0.05, 0) is 25.7 Å². The molecule has 0 bridgehead atoms. The predicted octanol–water partition coefficient (Wildman–Crippen LogP) is 2.71. The zero-order valence-corrected chi connectivity index (χ0v) is 7.90. The zero-order chi connectivity index (χ0) is 8.10. The molecule has 1 heteroatoms. The zero-order valence-electron chi connectivity index (χ0n) is 7.90. The van der Waals surface area contributed by atoms with Gasteiger partial charge >= 0.3 is 0 Å². The van der Waals surface area contributed by atoms with Crippen molar-refractivity contribution in [2.75, 3.05) is 0 Å². The Morgan fingerprint density at radius 3 is 1.82 bits per heavy atom. The van der Waals surface area contributed by atoms with Gasteiger partial charge in [-0.3, -0.25) is 0 Å². The smallest absolute Gasteiger partial charge is 0.00670 e. The van der Waals surface area contributed by atoms with Crippen LogP contribution in [0.5, 0.6) is 0 Å². The van der Waals surface area contributed by atoms with Crippen LogP contribution in [0.3, 0.4) is 0 Å². The fraction of sp³-hybridized carbons (Fsp3) is 1.00. The largest absolute Gasteiger partial charge is 0.311 e. The van der Waals surface area contributed by atoms with E-state index in [4.69, 9.17) is 0 Å². The van der Waals surface area contributed by atoms with E-state index >= 15 is 0 Å². The van der Waals surface area contributed by atoms with Gasteiger partial charge in [-0.25, -0.2) is 0 Å². The van der Waals surface area contributed by atoms with Gasteiger partial charge in [0.25, 0.3) is 0 Å². The summed E-state index contributed by atoms with van der Waals surface area (Å²) in [7, 11) is 0. The van der Waals surface area contributed by atoms with Gasteiger partial charge in [0.1, 0.15) is 0 Å². The van der Waals surface area contributed by atoms with E-state index in [1.807, 2.05) is 0 Å². The second-order valence-electron chi connectivity index (χ2n) is 3.66. The molecule has 1 rings (SSSR count). The van der Waals surface area contributed by atoms with Crippen molar-refractivity contribution in [2.45, 2.75) is 64.5 Å². The molecule has 0 radical (unpaired) electrons. The Morgan fingerprint density at radius 2 is 1.45 bits per heavy atom. The number of nitrogens with one attached hydrogen (secondary N) is 1. The summed E-state index contributed by atoms with van der Waals surface area (Å²) in [5, 5.41) is 3.72. The van der Waals surface area contributed by atoms with Crippen molar-refractivity contribution < 1.29 is 0 Å². The minimum Gasteiger partial charge on any atom is -0.311 e.